The monoisotopic (exact) mass is 265 g/mol. The predicted molar refractivity (Wildman–Crippen MR) is 74.7 cm³/mol. The molecule has 1 aliphatic carbocycles. The van der Waals surface area contributed by atoms with Gasteiger partial charge in [0.05, 0.1) is 20.8 Å². The van der Waals surface area contributed by atoms with Gasteiger partial charge in [-0.15, -0.1) is 0 Å². The number of benzene rings is 1. The fourth-order valence-electron chi connectivity index (χ4n) is 2.90. The molecule has 1 N–H and O–H groups in total. The molecule has 1 aliphatic rings. The average molecular weight is 265 g/mol. The number of hydrogen-bond donors (Lipinski definition) is 1. The van der Waals surface area contributed by atoms with Gasteiger partial charge < -0.3 is 19.5 Å². The van der Waals surface area contributed by atoms with E-state index in [9.17, 15) is 5.11 Å². The SMILES string of the molecule is COc1ccc(C(N(C)C)C2(CO)CC2)cc1OC. The van der Waals surface area contributed by atoms with E-state index in [1.54, 1.807) is 14.2 Å². The zero-order chi connectivity index (χ0) is 14.0. The Labute approximate surface area is 114 Å². The highest BCUT2D eigenvalue weighted by Gasteiger charge is 2.50. The van der Waals surface area contributed by atoms with Gasteiger partial charge in [-0.25, -0.2) is 0 Å². The van der Waals surface area contributed by atoms with E-state index >= 15 is 0 Å². The van der Waals surface area contributed by atoms with Crippen LogP contribution in [-0.4, -0.2) is 44.9 Å². The van der Waals surface area contributed by atoms with Crippen LogP contribution in [0.15, 0.2) is 18.2 Å². The maximum absolute atomic E-state index is 9.68. The lowest BCUT2D eigenvalue weighted by molar-refractivity contribution is 0.115. The molecule has 1 aromatic rings. The van der Waals surface area contributed by atoms with E-state index in [-0.39, 0.29) is 18.1 Å². The molecule has 4 heteroatoms. The van der Waals surface area contributed by atoms with E-state index in [0.29, 0.717) is 0 Å². The van der Waals surface area contributed by atoms with Crippen LogP contribution in [-0.2, 0) is 0 Å². The van der Waals surface area contributed by atoms with Gasteiger partial charge in [0, 0.05) is 11.5 Å². The molecule has 1 unspecified atom stereocenters. The molecule has 1 saturated carbocycles. The molecule has 0 aliphatic heterocycles. The molecule has 0 spiro atoms. The van der Waals surface area contributed by atoms with Crippen LogP contribution >= 0.6 is 0 Å². The zero-order valence-electron chi connectivity index (χ0n) is 12.1. The van der Waals surface area contributed by atoms with Crippen molar-refractivity contribution in [2.45, 2.75) is 18.9 Å². The van der Waals surface area contributed by atoms with E-state index in [1.165, 1.54) is 0 Å². The first-order valence-electron chi connectivity index (χ1n) is 6.57. The van der Waals surface area contributed by atoms with E-state index in [0.717, 1.165) is 29.9 Å². The normalized spacial score (nSPS) is 18.2. The van der Waals surface area contributed by atoms with E-state index in [1.807, 2.05) is 12.1 Å². The van der Waals surface area contributed by atoms with Gasteiger partial charge in [0.25, 0.3) is 0 Å². The Hall–Kier alpha value is -1.26. The maximum atomic E-state index is 9.68. The minimum absolute atomic E-state index is 0.00308. The molecule has 2 rings (SSSR count). The third-order valence-corrected chi connectivity index (χ3v) is 4.03. The van der Waals surface area contributed by atoms with Crippen molar-refractivity contribution in [1.29, 1.82) is 0 Å². The first kappa shape index (κ1) is 14.2. The molecule has 19 heavy (non-hydrogen) atoms. The van der Waals surface area contributed by atoms with E-state index < -0.39 is 0 Å². The number of methoxy groups -OCH3 is 2. The van der Waals surface area contributed by atoms with Crippen molar-refractivity contribution in [2.24, 2.45) is 5.41 Å². The molecule has 4 nitrogen and oxygen atoms in total. The summed E-state index contributed by atoms with van der Waals surface area (Å²) in [6, 6.07) is 6.20. The fraction of sp³-hybridized carbons (Fsp3) is 0.600. The van der Waals surface area contributed by atoms with Crippen LogP contribution in [0.25, 0.3) is 0 Å². The molecule has 1 fully saturated rings. The van der Waals surface area contributed by atoms with Gasteiger partial charge in [-0.2, -0.15) is 0 Å². The minimum atomic E-state index is 0.00308. The number of rotatable bonds is 6. The molecule has 0 amide bonds. The number of aliphatic hydroxyl groups is 1. The summed E-state index contributed by atoms with van der Waals surface area (Å²) in [5.74, 6) is 1.47. The van der Waals surface area contributed by atoms with Gasteiger partial charge in [-0.1, -0.05) is 6.07 Å². The molecule has 0 saturated heterocycles. The van der Waals surface area contributed by atoms with Crippen LogP contribution in [0.4, 0.5) is 0 Å². The number of aliphatic hydroxyl groups excluding tert-OH is 1. The Morgan fingerprint density at radius 1 is 1.21 bits per heavy atom. The van der Waals surface area contributed by atoms with Crippen LogP contribution in [0.1, 0.15) is 24.4 Å². The molecule has 106 valence electrons. The van der Waals surface area contributed by atoms with Gasteiger partial charge in [0.1, 0.15) is 0 Å². The van der Waals surface area contributed by atoms with Gasteiger partial charge in [0.15, 0.2) is 11.5 Å². The second-order valence-corrected chi connectivity index (χ2v) is 5.50. The van der Waals surface area contributed by atoms with Gasteiger partial charge in [-0.3, -0.25) is 0 Å². The first-order valence-corrected chi connectivity index (χ1v) is 6.57. The van der Waals surface area contributed by atoms with Crippen LogP contribution < -0.4 is 9.47 Å². The lowest BCUT2D eigenvalue weighted by atomic mass is 9.89. The number of ether oxygens (including phenoxy) is 2. The second kappa shape index (κ2) is 5.39. The zero-order valence-corrected chi connectivity index (χ0v) is 12.1. The van der Waals surface area contributed by atoms with Crippen LogP contribution in [0, 0.1) is 5.41 Å². The summed E-state index contributed by atoms with van der Waals surface area (Å²) in [6.45, 7) is 0.226. The van der Waals surface area contributed by atoms with Crippen molar-refractivity contribution in [3.05, 3.63) is 23.8 Å². The summed E-state index contributed by atoms with van der Waals surface area (Å²) in [7, 11) is 7.39. The summed E-state index contributed by atoms with van der Waals surface area (Å²) in [5, 5.41) is 9.68. The Morgan fingerprint density at radius 3 is 2.26 bits per heavy atom. The Morgan fingerprint density at radius 2 is 1.84 bits per heavy atom. The Kier molecular flexibility index (Phi) is 4.02. The molecule has 0 heterocycles. The summed E-state index contributed by atoms with van der Waals surface area (Å²) in [5.41, 5.74) is 1.16. The molecular weight excluding hydrogens is 242 g/mol. The lowest BCUT2D eigenvalue weighted by Gasteiger charge is -2.32. The minimum Gasteiger partial charge on any atom is -0.493 e. The smallest absolute Gasteiger partial charge is 0.161 e. The summed E-state index contributed by atoms with van der Waals surface area (Å²) >= 11 is 0. The maximum Gasteiger partial charge on any atom is 0.161 e. The molecule has 1 aromatic carbocycles. The summed E-state index contributed by atoms with van der Waals surface area (Å²) in [6.07, 6.45) is 2.14. The molecular formula is C15H23NO3. The lowest BCUT2D eigenvalue weighted by Crippen LogP contribution is -2.31. The molecule has 0 bridgehead atoms. The number of hydrogen-bond acceptors (Lipinski definition) is 4. The molecule has 0 radical (unpaired) electrons. The molecule has 1 atom stereocenters. The van der Waals surface area contributed by atoms with Crippen molar-refractivity contribution in [3.8, 4) is 11.5 Å². The Balaban J connectivity index is 2.38. The van der Waals surface area contributed by atoms with Gasteiger partial charge in [-0.05, 0) is 44.6 Å². The third-order valence-electron chi connectivity index (χ3n) is 4.03. The van der Waals surface area contributed by atoms with Gasteiger partial charge in [0.2, 0.25) is 0 Å². The highest BCUT2D eigenvalue weighted by Crippen LogP contribution is 2.56. The highest BCUT2D eigenvalue weighted by atomic mass is 16.5. The molecule has 0 aromatic heterocycles. The largest absolute Gasteiger partial charge is 0.493 e. The predicted octanol–water partition coefficient (Wildman–Crippen LogP) is 2.08. The van der Waals surface area contributed by atoms with Crippen molar-refractivity contribution in [2.75, 3.05) is 34.9 Å². The number of nitrogens with zero attached hydrogens (tertiary/aromatic N) is 1. The second-order valence-electron chi connectivity index (χ2n) is 5.50. The standard InChI is InChI=1S/C15H23NO3/c1-16(2)14(15(10-17)7-8-15)11-5-6-12(18-3)13(9-11)19-4/h5-6,9,14,17H,7-8,10H2,1-4H3. The quantitative estimate of drug-likeness (QED) is 0.855. The van der Waals surface area contributed by atoms with Crippen LogP contribution in [0.2, 0.25) is 0 Å². The van der Waals surface area contributed by atoms with Gasteiger partial charge >= 0.3 is 0 Å². The van der Waals surface area contributed by atoms with E-state index in [2.05, 4.69) is 25.1 Å². The van der Waals surface area contributed by atoms with Crippen molar-refractivity contribution >= 4 is 0 Å². The fourth-order valence-corrected chi connectivity index (χ4v) is 2.90. The third kappa shape index (κ3) is 2.55. The summed E-state index contributed by atoms with van der Waals surface area (Å²) in [4.78, 5) is 2.17. The highest BCUT2D eigenvalue weighted by molar-refractivity contribution is 5.44. The van der Waals surface area contributed by atoms with E-state index in [4.69, 9.17) is 9.47 Å². The topological polar surface area (TPSA) is 41.9 Å². The van der Waals surface area contributed by atoms with Crippen molar-refractivity contribution in [3.63, 3.8) is 0 Å². The van der Waals surface area contributed by atoms with Crippen LogP contribution in [0.3, 0.4) is 0 Å². The van der Waals surface area contributed by atoms with Crippen molar-refractivity contribution < 1.29 is 14.6 Å². The van der Waals surface area contributed by atoms with Crippen LogP contribution in [0.5, 0.6) is 11.5 Å². The average Bonchev–Trinajstić information content (AvgIpc) is 3.19. The first-order chi connectivity index (χ1) is 9.07. The summed E-state index contributed by atoms with van der Waals surface area (Å²) < 4.78 is 10.6. The van der Waals surface area contributed by atoms with Crippen molar-refractivity contribution in [1.82, 2.24) is 4.90 Å². The Bertz CT molecular complexity index is 441.